The van der Waals surface area contributed by atoms with Crippen molar-refractivity contribution in [2.45, 2.75) is 38.6 Å². The Balaban J connectivity index is 2.16. The standard InChI is InChI=1S/C22H25N3O7/c1-12-17(20(26)24-10-6-9-16(24)21(27)31-3)19(18(13(2)23-12)22(28)32-4)14-7-5-8-15(11-14)25(29)30/h5,7-8,11,16,19,23H,6,9-10H2,1-4H3/t16-,19+/m0/s1. The highest BCUT2D eigenvalue weighted by Gasteiger charge is 2.43. The van der Waals surface area contributed by atoms with Crippen molar-refractivity contribution in [3.8, 4) is 0 Å². The molecule has 0 aliphatic carbocycles. The molecule has 32 heavy (non-hydrogen) atoms. The number of rotatable bonds is 5. The molecule has 170 valence electrons. The van der Waals surface area contributed by atoms with Gasteiger partial charge in [-0.2, -0.15) is 0 Å². The molecule has 0 saturated carbocycles. The molecule has 1 aromatic rings. The van der Waals surface area contributed by atoms with E-state index in [1.54, 1.807) is 19.9 Å². The Hall–Kier alpha value is -3.69. The predicted octanol–water partition coefficient (Wildman–Crippen LogP) is 2.17. The number of nitrogens with one attached hydrogen (secondary N) is 1. The Morgan fingerprint density at radius 3 is 2.44 bits per heavy atom. The molecule has 0 unspecified atom stereocenters. The summed E-state index contributed by atoms with van der Waals surface area (Å²) < 4.78 is 9.82. The summed E-state index contributed by atoms with van der Waals surface area (Å²) in [6, 6.07) is 5.08. The molecule has 10 nitrogen and oxygen atoms in total. The summed E-state index contributed by atoms with van der Waals surface area (Å²) in [6.07, 6.45) is 1.10. The number of carbonyl (C=O) groups excluding carboxylic acids is 3. The third-order valence-electron chi connectivity index (χ3n) is 5.80. The molecule has 0 radical (unpaired) electrons. The number of nitrogens with zero attached hydrogens (tertiary/aromatic N) is 2. The molecular formula is C22H25N3O7. The van der Waals surface area contributed by atoms with E-state index in [1.807, 2.05) is 0 Å². The van der Waals surface area contributed by atoms with E-state index in [1.165, 1.54) is 37.3 Å². The quantitative estimate of drug-likeness (QED) is 0.417. The van der Waals surface area contributed by atoms with Crippen molar-refractivity contribution in [3.05, 3.63) is 62.5 Å². The van der Waals surface area contributed by atoms with Crippen LogP contribution in [-0.2, 0) is 23.9 Å². The molecule has 2 atom stereocenters. The number of allylic oxidation sites excluding steroid dienone is 2. The number of hydrogen-bond acceptors (Lipinski definition) is 8. The number of esters is 2. The maximum atomic E-state index is 13.7. The summed E-state index contributed by atoms with van der Waals surface area (Å²) in [5.41, 5.74) is 1.61. The van der Waals surface area contributed by atoms with E-state index in [4.69, 9.17) is 9.47 Å². The molecule has 1 saturated heterocycles. The Morgan fingerprint density at radius 2 is 1.81 bits per heavy atom. The summed E-state index contributed by atoms with van der Waals surface area (Å²) in [5, 5.41) is 14.4. The molecule has 1 amide bonds. The van der Waals surface area contributed by atoms with Crippen LogP contribution in [0.15, 0.2) is 46.8 Å². The summed E-state index contributed by atoms with van der Waals surface area (Å²) >= 11 is 0. The SMILES string of the molecule is COC(=O)C1=C(C)NC(C)=C(C(=O)N2CCC[C@H]2C(=O)OC)[C@H]1c1cccc([N+](=O)[O-])c1. The van der Waals surface area contributed by atoms with Crippen LogP contribution in [0.2, 0.25) is 0 Å². The van der Waals surface area contributed by atoms with Crippen LogP contribution < -0.4 is 5.32 Å². The van der Waals surface area contributed by atoms with Crippen molar-refractivity contribution in [2.75, 3.05) is 20.8 Å². The number of carbonyl (C=O) groups is 3. The highest BCUT2D eigenvalue weighted by Crippen LogP contribution is 2.41. The minimum atomic E-state index is -0.907. The van der Waals surface area contributed by atoms with Crippen LogP contribution in [0, 0.1) is 10.1 Å². The first-order valence-corrected chi connectivity index (χ1v) is 10.1. The number of amides is 1. The molecule has 2 aliphatic heterocycles. The largest absolute Gasteiger partial charge is 0.467 e. The normalized spacial score (nSPS) is 20.7. The van der Waals surface area contributed by atoms with Crippen molar-refractivity contribution in [1.29, 1.82) is 0 Å². The smallest absolute Gasteiger partial charge is 0.336 e. The monoisotopic (exact) mass is 443 g/mol. The maximum absolute atomic E-state index is 13.7. The van der Waals surface area contributed by atoms with Gasteiger partial charge in [0.1, 0.15) is 6.04 Å². The molecular weight excluding hydrogens is 418 g/mol. The summed E-state index contributed by atoms with van der Waals surface area (Å²) in [4.78, 5) is 50.9. The van der Waals surface area contributed by atoms with Gasteiger partial charge in [0.05, 0.1) is 30.6 Å². The van der Waals surface area contributed by atoms with Crippen molar-refractivity contribution in [2.24, 2.45) is 0 Å². The fourth-order valence-corrected chi connectivity index (χ4v) is 4.35. The number of nitro benzene ring substituents is 1. The molecule has 1 N–H and O–H groups in total. The molecule has 3 rings (SSSR count). The molecule has 0 aromatic heterocycles. The van der Waals surface area contributed by atoms with Gasteiger partial charge in [0.25, 0.3) is 11.6 Å². The van der Waals surface area contributed by atoms with Crippen LogP contribution in [-0.4, -0.2) is 54.5 Å². The third-order valence-corrected chi connectivity index (χ3v) is 5.80. The van der Waals surface area contributed by atoms with Gasteiger partial charge in [-0.1, -0.05) is 12.1 Å². The Labute approximate surface area is 185 Å². The van der Waals surface area contributed by atoms with Crippen LogP contribution >= 0.6 is 0 Å². The molecule has 2 heterocycles. The molecule has 1 aromatic carbocycles. The van der Waals surface area contributed by atoms with E-state index < -0.39 is 34.7 Å². The summed E-state index contributed by atoms with van der Waals surface area (Å²) in [5.74, 6) is -2.51. The zero-order valence-corrected chi connectivity index (χ0v) is 18.3. The number of dihydropyridines is 1. The third kappa shape index (κ3) is 4.08. The average molecular weight is 443 g/mol. The van der Waals surface area contributed by atoms with Crippen LogP contribution in [0.1, 0.15) is 38.2 Å². The van der Waals surface area contributed by atoms with Crippen molar-refractivity contribution in [3.63, 3.8) is 0 Å². The molecule has 0 spiro atoms. The minimum absolute atomic E-state index is 0.166. The maximum Gasteiger partial charge on any atom is 0.336 e. The fraction of sp³-hybridized carbons (Fsp3) is 0.409. The topological polar surface area (TPSA) is 128 Å². The van der Waals surface area contributed by atoms with Crippen molar-refractivity contribution in [1.82, 2.24) is 10.2 Å². The molecule has 10 heteroatoms. The second-order valence-corrected chi connectivity index (χ2v) is 7.66. The molecule has 2 aliphatic rings. The van der Waals surface area contributed by atoms with Crippen LogP contribution in [0.3, 0.4) is 0 Å². The minimum Gasteiger partial charge on any atom is -0.467 e. The zero-order chi connectivity index (χ0) is 23.6. The average Bonchev–Trinajstić information content (AvgIpc) is 3.27. The van der Waals surface area contributed by atoms with E-state index in [0.29, 0.717) is 36.3 Å². The first-order chi connectivity index (χ1) is 15.2. The van der Waals surface area contributed by atoms with Gasteiger partial charge in [0.2, 0.25) is 0 Å². The predicted molar refractivity (Wildman–Crippen MR) is 113 cm³/mol. The molecule has 1 fully saturated rings. The van der Waals surface area contributed by atoms with Gasteiger partial charge >= 0.3 is 11.9 Å². The number of benzene rings is 1. The zero-order valence-electron chi connectivity index (χ0n) is 18.3. The Kier molecular flexibility index (Phi) is 6.61. The van der Waals surface area contributed by atoms with Gasteiger partial charge < -0.3 is 19.7 Å². The van der Waals surface area contributed by atoms with Gasteiger partial charge in [-0.25, -0.2) is 9.59 Å². The second-order valence-electron chi connectivity index (χ2n) is 7.66. The van der Waals surface area contributed by atoms with Crippen LogP contribution in [0.5, 0.6) is 0 Å². The number of hydrogen-bond donors (Lipinski definition) is 1. The van der Waals surface area contributed by atoms with E-state index in [-0.39, 0.29) is 16.8 Å². The van der Waals surface area contributed by atoms with Crippen molar-refractivity contribution < 1.29 is 28.8 Å². The highest BCUT2D eigenvalue weighted by molar-refractivity contribution is 6.03. The van der Waals surface area contributed by atoms with E-state index in [0.717, 1.165) is 0 Å². The van der Waals surface area contributed by atoms with E-state index in [2.05, 4.69) is 5.32 Å². The van der Waals surface area contributed by atoms with Gasteiger partial charge in [-0.15, -0.1) is 0 Å². The lowest BCUT2D eigenvalue weighted by Crippen LogP contribution is -2.44. The van der Waals surface area contributed by atoms with Crippen LogP contribution in [0.4, 0.5) is 5.69 Å². The highest BCUT2D eigenvalue weighted by atomic mass is 16.6. The second kappa shape index (κ2) is 9.21. The van der Waals surface area contributed by atoms with Gasteiger partial charge in [-0.3, -0.25) is 14.9 Å². The number of ether oxygens (including phenoxy) is 2. The Morgan fingerprint density at radius 1 is 1.12 bits per heavy atom. The summed E-state index contributed by atoms with van der Waals surface area (Å²) in [6.45, 7) is 3.72. The van der Waals surface area contributed by atoms with Gasteiger partial charge in [0, 0.05) is 35.6 Å². The van der Waals surface area contributed by atoms with Crippen LogP contribution in [0.25, 0.3) is 0 Å². The first kappa shape index (κ1) is 23.0. The fourth-order valence-electron chi connectivity index (χ4n) is 4.35. The van der Waals surface area contributed by atoms with E-state index in [9.17, 15) is 24.5 Å². The Bertz CT molecular complexity index is 1040. The van der Waals surface area contributed by atoms with Gasteiger partial charge in [-0.05, 0) is 32.3 Å². The lowest BCUT2D eigenvalue weighted by molar-refractivity contribution is -0.384. The number of nitro groups is 1. The lowest BCUT2D eigenvalue weighted by Gasteiger charge is -2.33. The van der Waals surface area contributed by atoms with E-state index >= 15 is 0 Å². The lowest BCUT2D eigenvalue weighted by atomic mass is 9.79. The number of non-ortho nitro benzene ring substituents is 1. The van der Waals surface area contributed by atoms with Crippen molar-refractivity contribution >= 4 is 23.5 Å². The first-order valence-electron chi connectivity index (χ1n) is 10.1. The number of likely N-dealkylation sites (tertiary alicyclic amines) is 1. The number of methoxy groups -OCH3 is 2. The van der Waals surface area contributed by atoms with Gasteiger partial charge in [0.15, 0.2) is 0 Å². The molecule has 0 bridgehead atoms. The summed E-state index contributed by atoms with van der Waals surface area (Å²) in [7, 11) is 2.50.